The molecule has 19 heavy (non-hydrogen) atoms. The molecule has 3 unspecified atom stereocenters. The number of nitrogens with one attached hydrogen (secondary N) is 1. The summed E-state index contributed by atoms with van der Waals surface area (Å²) in [5.41, 5.74) is 5.59. The maximum Gasteiger partial charge on any atom is 0.218 e. The monoisotopic (exact) mass is 268 g/mol. The molecule has 2 fully saturated rings. The van der Waals surface area contributed by atoms with E-state index in [1.165, 1.54) is 32.1 Å². The molecule has 2 aliphatic carbocycles. The summed E-state index contributed by atoms with van der Waals surface area (Å²) >= 11 is 0. The maximum atomic E-state index is 11.0. The summed E-state index contributed by atoms with van der Waals surface area (Å²) in [5, 5.41) is 3.62. The largest absolute Gasteiger partial charge is 0.378 e. The second-order valence-electron chi connectivity index (χ2n) is 6.26. The van der Waals surface area contributed by atoms with Gasteiger partial charge in [0.25, 0.3) is 0 Å². The first-order valence-electron chi connectivity index (χ1n) is 7.74. The minimum atomic E-state index is -0.224. The van der Waals surface area contributed by atoms with E-state index in [2.05, 4.69) is 19.2 Å². The normalized spacial score (nSPS) is 30.8. The van der Waals surface area contributed by atoms with Crippen molar-refractivity contribution < 1.29 is 9.53 Å². The lowest BCUT2D eigenvalue weighted by Crippen LogP contribution is -2.65. The molecule has 2 aliphatic rings. The Balaban J connectivity index is 1.95. The Morgan fingerprint density at radius 1 is 1.42 bits per heavy atom. The Bertz CT molecular complexity index is 313. The van der Waals surface area contributed by atoms with Crippen LogP contribution in [0, 0.1) is 5.41 Å². The van der Waals surface area contributed by atoms with Crippen LogP contribution in [-0.4, -0.2) is 30.7 Å². The molecule has 0 aromatic heterocycles. The lowest BCUT2D eigenvalue weighted by molar-refractivity contribution is -0.152. The van der Waals surface area contributed by atoms with Crippen molar-refractivity contribution in [1.29, 1.82) is 0 Å². The van der Waals surface area contributed by atoms with Crippen molar-refractivity contribution in [2.24, 2.45) is 11.1 Å². The van der Waals surface area contributed by atoms with Gasteiger partial charge in [-0.3, -0.25) is 4.79 Å². The number of rotatable bonds is 6. The fourth-order valence-electron chi connectivity index (χ4n) is 4.00. The van der Waals surface area contributed by atoms with Crippen molar-refractivity contribution in [2.75, 3.05) is 6.61 Å². The van der Waals surface area contributed by atoms with Crippen LogP contribution in [-0.2, 0) is 9.53 Å². The first kappa shape index (κ1) is 14.8. The summed E-state index contributed by atoms with van der Waals surface area (Å²) in [6.07, 6.45) is 8.42. The van der Waals surface area contributed by atoms with Gasteiger partial charge in [0.1, 0.15) is 0 Å². The molecule has 2 saturated carbocycles. The second-order valence-corrected chi connectivity index (χ2v) is 6.26. The van der Waals surface area contributed by atoms with E-state index in [0.29, 0.717) is 24.0 Å². The molecule has 0 saturated heterocycles. The summed E-state index contributed by atoms with van der Waals surface area (Å²) in [4.78, 5) is 11.0. The smallest absolute Gasteiger partial charge is 0.218 e. The van der Waals surface area contributed by atoms with Crippen molar-refractivity contribution in [3.63, 3.8) is 0 Å². The van der Waals surface area contributed by atoms with Gasteiger partial charge < -0.3 is 15.8 Å². The van der Waals surface area contributed by atoms with Gasteiger partial charge in [-0.15, -0.1) is 0 Å². The zero-order chi connectivity index (χ0) is 13.9. The standard InChI is InChI=1S/C15H28N2O2/c1-3-19-13-10-12(17-11(2)9-14(16)18)15(13)7-5-4-6-8-15/h11-13,17H,3-10H2,1-2H3,(H2,16,18). The second kappa shape index (κ2) is 6.23. The highest BCUT2D eigenvalue weighted by Crippen LogP contribution is 2.53. The van der Waals surface area contributed by atoms with Gasteiger partial charge in [-0.1, -0.05) is 19.3 Å². The van der Waals surface area contributed by atoms with Crippen LogP contribution in [0.4, 0.5) is 0 Å². The minimum Gasteiger partial charge on any atom is -0.378 e. The van der Waals surface area contributed by atoms with Gasteiger partial charge in [0.15, 0.2) is 0 Å². The Hall–Kier alpha value is -0.610. The molecule has 3 N–H and O–H groups in total. The van der Waals surface area contributed by atoms with Gasteiger partial charge in [0, 0.05) is 30.5 Å². The summed E-state index contributed by atoms with van der Waals surface area (Å²) in [5.74, 6) is -0.224. The van der Waals surface area contributed by atoms with Gasteiger partial charge in [0.05, 0.1) is 6.10 Å². The lowest BCUT2D eigenvalue weighted by atomic mass is 9.55. The van der Waals surface area contributed by atoms with Crippen LogP contribution >= 0.6 is 0 Å². The number of carbonyl (C=O) groups is 1. The van der Waals surface area contributed by atoms with Crippen LogP contribution in [0.25, 0.3) is 0 Å². The topological polar surface area (TPSA) is 64.3 Å². The molecule has 0 aliphatic heterocycles. The zero-order valence-electron chi connectivity index (χ0n) is 12.3. The summed E-state index contributed by atoms with van der Waals surface area (Å²) < 4.78 is 5.93. The van der Waals surface area contributed by atoms with Crippen molar-refractivity contribution in [3.8, 4) is 0 Å². The number of nitrogens with two attached hydrogens (primary N) is 1. The fraction of sp³-hybridized carbons (Fsp3) is 0.933. The third-order valence-electron chi connectivity index (χ3n) is 4.93. The molecule has 0 bridgehead atoms. The van der Waals surface area contributed by atoms with Crippen LogP contribution < -0.4 is 11.1 Å². The Morgan fingerprint density at radius 2 is 2.11 bits per heavy atom. The van der Waals surface area contributed by atoms with Crippen LogP contribution in [0.3, 0.4) is 0 Å². The Kier molecular flexibility index (Phi) is 4.85. The van der Waals surface area contributed by atoms with Crippen LogP contribution in [0.1, 0.15) is 58.8 Å². The molecule has 4 heteroatoms. The average Bonchev–Trinajstić information content (AvgIpc) is 2.38. The Labute approximate surface area is 116 Å². The van der Waals surface area contributed by atoms with E-state index in [0.717, 1.165) is 13.0 Å². The van der Waals surface area contributed by atoms with E-state index >= 15 is 0 Å². The quantitative estimate of drug-likeness (QED) is 0.774. The summed E-state index contributed by atoms with van der Waals surface area (Å²) in [7, 11) is 0. The number of primary amides is 1. The predicted octanol–water partition coefficient (Wildman–Crippen LogP) is 1.97. The molecule has 110 valence electrons. The molecule has 0 aromatic carbocycles. The molecule has 0 aromatic rings. The van der Waals surface area contributed by atoms with E-state index in [1.54, 1.807) is 0 Å². The molecular weight excluding hydrogens is 240 g/mol. The summed E-state index contributed by atoms with van der Waals surface area (Å²) in [6.45, 7) is 4.93. The highest BCUT2D eigenvalue weighted by atomic mass is 16.5. The SMILES string of the molecule is CCOC1CC(NC(C)CC(N)=O)C12CCCCC2. The van der Waals surface area contributed by atoms with Crippen molar-refractivity contribution >= 4 is 5.91 Å². The molecule has 3 atom stereocenters. The zero-order valence-corrected chi connectivity index (χ0v) is 12.3. The fourth-order valence-corrected chi connectivity index (χ4v) is 4.00. The van der Waals surface area contributed by atoms with Gasteiger partial charge in [0.2, 0.25) is 5.91 Å². The average molecular weight is 268 g/mol. The highest BCUT2D eigenvalue weighted by molar-refractivity contribution is 5.74. The molecule has 0 heterocycles. The molecule has 1 spiro atoms. The van der Waals surface area contributed by atoms with Crippen molar-refractivity contribution in [2.45, 2.75) is 77.0 Å². The number of ether oxygens (including phenoxy) is 1. The molecule has 2 rings (SSSR count). The lowest BCUT2D eigenvalue weighted by Gasteiger charge is -2.58. The van der Waals surface area contributed by atoms with Gasteiger partial charge >= 0.3 is 0 Å². The number of amides is 1. The highest BCUT2D eigenvalue weighted by Gasteiger charge is 2.55. The van der Waals surface area contributed by atoms with E-state index in [1.807, 2.05) is 0 Å². The maximum absolute atomic E-state index is 11.0. The van der Waals surface area contributed by atoms with Gasteiger partial charge in [-0.25, -0.2) is 0 Å². The predicted molar refractivity (Wildman–Crippen MR) is 75.7 cm³/mol. The van der Waals surface area contributed by atoms with E-state index in [9.17, 15) is 4.79 Å². The van der Waals surface area contributed by atoms with Gasteiger partial charge in [-0.2, -0.15) is 0 Å². The van der Waals surface area contributed by atoms with Gasteiger partial charge in [-0.05, 0) is 33.1 Å². The number of hydrogen-bond donors (Lipinski definition) is 2. The minimum absolute atomic E-state index is 0.170. The van der Waals surface area contributed by atoms with Crippen LogP contribution in [0.2, 0.25) is 0 Å². The number of hydrogen-bond acceptors (Lipinski definition) is 3. The molecule has 0 radical (unpaired) electrons. The van der Waals surface area contributed by atoms with Crippen molar-refractivity contribution in [1.82, 2.24) is 5.32 Å². The van der Waals surface area contributed by atoms with E-state index in [4.69, 9.17) is 10.5 Å². The molecule has 4 nitrogen and oxygen atoms in total. The summed E-state index contributed by atoms with van der Waals surface area (Å²) in [6, 6.07) is 0.669. The first-order chi connectivity index (χ1) is 9.08. The van der Waals surface area contributed by atoms with Crippen LogP contribution in [0.15, 0.2) is 0 Å². The van der Waals surface area contributed by atoms with E-state index in [-0.39, 0.29) is 11.9 Å². The first-order valence-corrected chi connectivity index (χ1v) is 7.74. The van der Waals surface area contributed by atoms with Crippen LogP contribution in [0.5, 0.6) is 0 Å². The molecular formula is C15H28N2O2. The third-order valence-corrected chi connectivity index (χ3v) is 4.93. The molecule has 1 amide bonds. The third kappa shape index (κ3) is 3.11. The van der Waals surface area contributed by atoms with Crippen molar-refractivity contribution in [3.05, 3.63) is 0 Å². The number of carbonyl (C=O) groups excluding carboxylic acids is 1. The van der Waals surface area contributed by atoms with E-state index < -0.39 is 0 Å². The Morgan fingerprint density at radius 3 is 2.68 bits per heavy atom.